The zero-order valence-electron chi connectivity index (χ0n) is 11.6. The van der Waals surface area contributed by atoms with Gasteiger partial charge in [-0.1, -0.05) is 23.7 Å². The molecule has 3 nitrogen and oxygen atoms in total. The summed E-state index contributed by atoms with van der Waals surface area (Å²) in [6.45, 7) is 0.515. The van der Waals surface area contributed by atoms with Gasteiger partial charge in [-0.3, -0.25) is 4.79 Å². The van der Waals surface area contributed by atoms with Crippen molar-refractivity contribution in [3.8, 4) is 0 Å². The molecule has 2 fully saturated rings. The molecule has 0 radical (unpaired) electrons. The van der Waals surface area contributed by atoms with Crippen LogP contribution in [0.3, 0.4) is 0 Å². The van der Waals surface area contributed by atoms with Gasteiger partial charge in [0.15, 0.2) is 0 Å². The van der Waals surface area contributed by atoms with Crippen LogP contribution in [0.4, 0.5) is 0 Å². The van der Waals surface area contributed by atoms with Crippen LogP contribution in [0, 0.1) is 11.8 Å². The van der Waals surface area contributed by atoms with Crippen molar-refractivity contribution in [1.82, 2.24) is 5.32 Å². The van der Waals surface area contributed by atoms with Gasteiger partial charge in [0.2, 0.25) is 5.91 Å². The van der Waals surface area contributed by atoms with Gasteiger partial charge < -0.3 is 11.1 Å². The van der Waals surface area contributed by atoms with Crippen LogP contribution in [0.2, 0.25) is 5.02 Å². The Balaban J connectivity index is 1.61. The molecule has 20 heavy (non-hydrogen) atoms. The summed E-state index contributed by atoms with van der Waals surface area (Å²) < 4.78 is 0. The van der Waals surface area contributed by atoms with Crippen molar-refractivity contribution in [1.29, 1.82) is 0 Å². The van der Waals surface area contributed by atoms with Crippen molar-refractivity contribution >= 4 is 17.5 Å². The van der Waals surface area contributed by atoms with Crippen molar-refractivity contribution < 1.29 is 4.79 Å². The number of hydrogen-bond acceptors (Lipinski definition) is 2. The number of nitrogens with two attached hydrogens (primary N) is 1. The molecular formula is C16H21ClN2O. The third kappa shape index (κ3) is 3.53. The molecule has 2 saturated carbocycles. The molecule has 2 aliphatic carbocycles. The van der Waals surface area contributed by atoms with Gasteiger partial charge in [-0.15, -0.1) is 0 Å². The van der Waals surface area contributed by atoms with Crippen LogP contribution in [0.15, 0.2) is 18.2 Å². The van der Waals surface area contributed by atoms with Crippen LogP contribution < -0.4 is 11.1 Å². The second-order valence-electron chi connectivity index (χ2n) is 6.12. The smallest absolute Gasteiger partial charge is 0.223 e. The molecule has 4 heteroatoms. The van der Waals surface area contributed by atoms with Crippen molar-refractivity contribution in [2.45, 2.75) is 44.7 Å². The first-order valence-corrected chi connectivity index (χ1v) is 7.82. The van der Waals surface area contributed by atoms with E-state index in [9.17, 15) is 4.79 Å². The van der Waals surface area contributed by atoms with Gasteiger partial charge in [0.05, 0.1) is 0 Å². The first-order valence-electron chi connectivity index (χ1n) is 7.44. The van der Waals surface area contributed by atoms with Crippen molar-refractivity contribution in [3.05, 3.63) is 34.3 Å². The van der Waals surface area contributed by atoms with Crippen molar-refractivity contribution in [3.63, 3.8) is 0 Å². The highest BCUT2D eigenvalue weighted by molar-refractivity contribution is 6.31. The SMILES string of the molecule is NC(Cc1ccc(Cl)c(CNC(=O)C2CC2)c1)C1CC1. The minimum Gasteiger partial charge on any atom is -0.352 e. The average Bonchev–Trinajstić information content (AvgIpc) is 3.31. The number of hydrogen-bond donors (Lipinski definition) is 2. The largest absolute Gasteiger partial charge is 0.352 e. The molecule has 1 aromatic rings. The quantitative estimate of drug-likeness (QED) is 0.847. The predicted octanol–water partition coefficient (Wildman–Crippen LogP) is 2.65. The number of nitrogens with one attached hydrogen (secondary N) is 1. The van der Waals surface area contributed by atoms with Crippen LogP contribution in [-0.2, 0) is 17.8 Å². The van der Waals surface area contributed by atoms with Crippen molar-refractivity contribution in [2.24, 2.45) is 17.6 Å². The Labute approximate surface area is 124 Å². The molecule has 108 valence electrons. The molecule has 0 aromatic heterocycles. The second kappa shape index (κ2) is 5.74. The first-order chi connectivity index (χ1) is 9.63. The lowest BCUT2D eigenvalue weighted by atomic mass is 10.0. The summed E-state index contributed by atoms with van der Waals surface area (Å²) in [5.74, 6) is 1.09. The maximum atomic E-state index is 11.7. The number of carbonyl (C=O) groups is 1. The second-order valence-corrected chi connectivity index (χ2v) is 6.53. The maximum absolute atomic E-state index is 11.7. The molecule has 1 atom stereocenters. The Morgan fingerprint density at radius 3 is 2.75 bits per heavy atom. The molecule has 0 saturated heterocycles. The lowest BCUT2D eigenvalue weighted by molar-refractivity contribution is -0.122. The summed E-state index contributed by atoms with van der Waals surface area (Å²) in [5.41, 5.74) is 8.37. The van der Waals surface area contributed by atoms with Gasteiger partial charge in [0.1, 0.15) is 0 Å². The van der Waals surface area contributed by atoms with E-state index in [4.69, 9.17) is 17.3 Å². The molecule has 0 heterocycles. The zero-order valence-corrected chi connectivity index (χ0v) is 12.3. The van der Waals surface area contributed by atoms with E-state index < -0.39 is 0 Å². The van der Waals surface area contributed by atoms with E-state index in [0.29, 0.717) is 17.5 Å². The normalized spacial score (nSPS) is 19.7. The average molecular weight is 293 g/mol. The molecule has 3 N–H and O–H groups in total. The fraction of sp³-hybridized carbons (Fsp3) is 0.562. The number of benzene rings is 1. The molecule has 2 aliphatic rings. The predicted molar refractivity (Wildman–Crippen MR) is 80.4 cm³/mol. The fourth-order valence-electron chi connectivity index (χ4n) is 2.53. The fourth-order valence-corrected chi connectivity index (χ4v) is 2.71. The highest BCUT2D eigenvalue weighted by atomic mass is 35.5. The van der Waals surface area contributed by atoms with Crippen LogP contribution in [0.25, 0.3) is 0 Å². The lowest BCUT2D eigenvalue weighted by Crippen LogP contribution is -2.26. The number of amides is 1. The standard InChI is InChI=1S/C16H21ClN2O/c17-14-6-1-10(8-15(18)11-2-3-11)7-13(14)9-19-16(20)12-4-5-12/h1,6-7,11-12,15H,2-5,8-9,18H2,(H,19,20). The van der Waals surface area contributed by atoms with Gasteiger partial charge in [-0.2, -0.15) is 0 Å². The summed E-state index contributed by atoms with van der Waals surface area (Å²) >= 11 is 6.20. The van der Waals surface area contributed by atoms with Crippen LogP contribution in [0.1, 0.15) is 36.8 Å². The third-order valence-electron chi connectivity index (χ3n) is 4.21. The first kappa shape index (κ1) is 13.9. The Bertz CT molecular complexity index is 509. The molecule has 0 spiro atoms. The Kier molecular flexibility index (Phi) is 3.99. The monoisotopic (exact) mass is 292 g/mol. The van der Waals surface area contributed by atoms with Crippen LogP contribution >= 0.6 is 11.6 Å². The van der Waals surface area contributed by atoms with Crippen LogP contribution in [0.5, 0.6) is 0 Å². The highest BCUT2D eigenvalue weighted by Crippen LogP contribution is 2.33. The van der Waals surface area contributed by atoms with Gasteiger partial charge >= 0.3 is 0 Å². The molecule has 0 aliphatic heterocycles. The minimum absolute atomic E-state index is 0.154. The molecule has 1 unspecified atom stereocenters. The summed E-state index contributed by atoms with van der Waals surface area (Å²) in [4.78, 5) is 11.7. The Morgan fingerprint density at radius 2 is 2.10 bits per heavy atom. The lowest BCUT2D eigenvalue weighted by Gasteiger charge is -2.13. The summed E-state index contributed by atoms with van der Waals surface area (Å²) in [5, 5.41) is 3.68. The maximum Gasteiger partial charge on any atom is 0.223 e. The van der Waals surface area contributed by atoms with E-state index in [2.05, 4.69) is 11.4 Å². The highest BCUT2D eigenvalue weighted by Gasteiger charge is 2.30. The minimum atomic E-state index is 0.154. The summed E-state index contributed by atoms with van der Waals surface area (Å²) in [6, 6.07) is 6.29. The van der Waals surface area contributed by atoms with Gasteiger partial charge in [0, 0.05) is 23.5 Å². The van der Waals surface area contributed by atoms with E-state index in [-0.39, 0.29) is 17.9 Å². The number of carbonyl (C=O) groups excluding carboxylic acids is 1. The van der Waals surface area contributed by atoms with E-state index in [1.165, 1.54) is 18.4 Å². The zero-order chi connectivity index (χ0) is 14.1. The Morgan fingerprint density at radius 1 is 1.35 bits per heavy atom. The van der Waals surface area contributed by atoms with E-state index in [0.717, 1.165) is 24.8 Å². The molecule has 1 amide bonds. The Hall–Kier alpha value is -1.06. The van der Waals surface area contributed by atoms with Gasteiger partial charge in [-0.05, 0) is 55.2 Å². The van der Waals surface area contributed by atoms with E-state index >= 15 is 0 Å². The topological polar surface area (TPSA) is 55.1 Å². The molecular weight excluding hydrogens is 272 g/mol. The number of halogens is 1. The van der Waals surface area contributed by atoms with Crippen LogP contribution in [-0.4, -0.2) is 11.9 Å². The summed E-state index contributed by atoms with van der Waals surface area (Å²) in [6.07, 6.45) is 5.47. The van der Waals surface area contributed by atoms with E-state index in [1.807, 2.05) is 12.1 Å². The molecule has 1 aromatic carbocycles. The van der Waals surface area contributed by atoms with E-state index in [1.54, 1.807) is 0 Å². The van der Waals surface area contributed by atoms with Gasteiger partial charge in [-0.25, -0.2) is 0 Å². The number of rotatable bonds is 6. The van der Waals surface area contributed by atoms with Gasteiger partial charge in [0.25, 0.3) is 0 Å². The summed E-state index contributed by atoms with van der Waals surface area (Å²) in [7, 11) is 0. The van der Waals surface area contributed by atoms with Crippen molar-refractivity contribution in [2.75, 3.05) is 0 Å². The molecule has 3 rings (SSSR count). The molecule has 0 bridgehead atoms. The third-order valence-corrected chi connectivity index (χ3v) is 4.58.